The fourth-order valence-electron chi connectivity index (χ4n) is 4.73. The van der Waals surface area contributed by atoms with E-state index in [2.05, 4.69) is 20.3 Å². The Kier molecular flexibility index (Phi) is 9.22. The highest BCUT2D eigenvalue weighted by Gasteiger charge is 2.41. The van der Waals surface area contributed by atoms with E-state index >= 15 is 0 Å². The number of carboxylic acids is 1. The number of carbonyl (C=O) groups excluding carboxylic acids is 3. The number of aliphatic carboxylic acids is 1. The van der Waals surface area contributed by atoms with Crippen LogP contribution in [0.2, 0.25) is 0 Å². The second kappa shape index (κ2) is 12.3. The number of nitrogens with one attached hydrogen (secondary N) is 2. The number of nitrogens with zero attached hydrogens (tertiary/aromatic N) is 4. The molecule has 9 N–H and O–H groups in total. The largest absolute Gasteiger partial charge is 0.480 e. The molecular weight excluding hydrogens is 470 g/mol. The Morgan fingerprint density at radius 3 is 2.42 bits per heavy atom. The van der Waals surface area contributed by atoms with Crippen molar-refractivity contribution in [3.05, 3.63) is 18.2 Å². The quantitative estimate of drug-likeness (QED) is 0.110. The molecule has 2 fully saturated rings. The van der Waals surface area contributed by atoms with Gasteiger partial charge in [-0.15, -0.1) is 0 Å². The van der Waals surface area contributed by atoms with Crippen molar-refractivity contribution in [3.63, 3.8) is 0 Å². The molecule has 0 aromatic carbocycles. The minimum absolute atomic E-state index is 0.0333. The van der Waals surface area contributed by atoms with Crippen LogP contribution in [0.3, 0.4) is 0 Å². The molecule has 0 radical (unpaired) electrons. The molecular formula is C22H35N9O5. The number of aliphatic imine (C=N–C) groups is 1. The molecule has 2 aliphatic rings. The Bertz CT molecular complexity index is 963. The van der Waals surface area contributed by atoms with Crippen LogP contribution in [0, 0.1) is 0 Å². The normalized spacial score (nSPS) is 21.1. The zero-order chi connectivity index (χ0) is 26.2. The maximum atomic E-state index is 13.3. The summed E-state index contributed by atoms with van der Waals surface area (Å²) in [6.45, 7) is 1.03. The smallest absolute Gasteiger partial charge is 0.326 e. The number of imidazole rings is 1. The van der Waals surface area contributed by atoms with Crippen molar-refractivity contribution in [3.8, 4) is 0 Å². The number of rotatable bonds is 11. The van der Waals surface area contributed by atoms with E-state index in [0.717, 1.165) is 0 Å². The lowest BCUT2D eigenvalue weighted by Crippen LogP contribution is -2.57. The van der Waals surface area contributed by atoms with Gasteiger partial charge in [-0.25, -0.2) is 9.78 Å². The highest BCUT2D eigenvalue weighted by molar-refractivity contribution is 5.94. The second-order valence-corrected chi connectivity index (χ2v) is 9.12. The number of guanidine groups is 1. The van der Waals surface area contributed by atoms with E-state index in [4.69, 9.17) is 17.2 Å². The molecule has 0 aliphatic carbocycles. The van der Waals surface area contributed by atoms with Crippen LogP contribution >= 0.6 is 0 Å². The van der Waals surface area contributed by atoms with Crippen molar-refractivity contribution in [2.75, 3.05) is 19.6 Å². The zero-order valence-electron chi connectivity index (χ0n) is 20.1. The molecule has 1 aromatic heterocycles. The lowest BCUT2D eigenvalue weighted by molar-refractivity contribution is -0.149. The Hall–Kier alpha value is -3.68. The Labute approximate surface area is 208 Å². The van der Waals surface area contributed by atoms with Crippen molar-refractivity contribution < 1.29 is 24.3 Å². The van der Waals surface area contributed by atoms with Crippen molar-refractivity contribution in [1.82, 2.24) is 25.1 Å². The van der Waals surface area contributed by atoms with Gasteiger partial charge in [-0.05, 0) is 38.5 Å². The standard InChI is InChI=1S/C22H35N9O5/c23-14(4-1-7-27-22(24)25)19(33)30-8-2-5-16(30)18(32)29-15(10-13-11-26-12-28-13)20(34)31-9-3-6-17(31)21(35)36/h11-12,14-17H,1-10,23H2,(H,26,28)(H,29,32)(H,35,36)(H4,24,25,27). The summed E-state index contributed by atoms with van der Waals surface area (Å²) in [6, 6.07) is -3.52. The van der Waals surface area contributed by atoms with Crippen LogP contribution in [-0.2, 0) is 25.6 Å². The van der Waals surface area contributed by atoms with Gasteiger partial charge in [0.25, 0.3) is 0 Å². The number of hydrogen-bond donors (Lipinski definition) is 6. The summed E-state index contributed by atoms with van der Waals surface area (Å²) >= 11 is 0. The number of likely N-dealkylation sites (tertiary alicyclic amines) is 2. The van der Waals surface area contributed by atoms with E-state index in [-0.39, 0.29) is 18.3 Å². The first-order chi connectivity index (χ1) is 17.2. The van der Waals surface area contributed by atoms with Gasteiger partial charge in [-0.3, -0.25) is 19.4 Å². The van der Waals surface area contributed by atoms with Crippen LogP contribution in [0.25, 0.3) is 0 Å². The summed E-state index contributed by atoms with van der Waals surface area (Å²) in [6.07, 6.45) is 5.96. The maximum Gasteiger partial charge on any atom is 0.326 e. The third-order valence-corrected chi connectivity index (χ3v) is 6.54. The molecule has 3 rings (SSSR count). The Balaban J connectivity index is 1.68. The molecule has 4 atom stereocenters. The molecule has 14 heteroatoms. The number of nitrogens with two attached hydrogens (primary N) is 3. The highest BCUT2D eigenvalue weighted by Crippen LogP contribution is 2.22. The number of carboxylic acid groups (broad SMARTS) is 1. The summed E-state index contributed by atoms with van der Waals surface area (Å²) in [5, 5.41) is 12.3. The predicted molar refractivity (Wildman–Crippen MR) is 129 cm³/mol. The summed E-state index contributed by atoms with van der Waals surface area (Å²) in [5.41, 5.74) is 17.3. The van der Waals surface area contributed by atoms with Gasteiger partial charge in [0, 0.05) is 37.9 Å². The minimum Gasteiger partial charge on any atom is -0.480 e. The Morgan fingerprint density at radius 2 is 1.81 bits per heavy atom. The summed E-state index contributed by atoms with van der Waals surface area (Å²) < 4.78 is 0. The predicted octanol–water partition coefficient (Wildman–Crippen LogP) is -2.12. The van der Waals surface area contributed by atoms with Crippen LogP contribution in [0.5, 0.6) is 0 Å². The third-order valence-electron chi connectivity index (χ3n) is 6.54. The van der Waals surface area contributed by atoms with Crippen LogP contribution in [-0.4, -0.2) is 98.3 Å². The van der Waals surface area contributed by atoms with Gasteiger partial charge >= 0.3 is 5.97 Å². The maximum absolute atomic E-state index is 13.3. The van der Waals surface area contributed by atoms with E-state index in [9.17, 15) is 24.3 Å². The fraction of sp³-hybridized carbons (Fsp3) is 0.636. The number of aromatic nitrogens is 2. The van der Waals surface area contributed by atoms with Crippen LogP contribution in [0.1, 0.15) is 44.2 Å². The molecule has 1 aromatic rings. The molecule has 3 amide bonds. The molecule has 0 bridgehead atoms. The molecule has 2 saturated heterocycles. The average Bonchev–Trinajstić information content (AvgIpc) is 3.61. The lowest BCUT2D eigenvalue weighted by Gasteiger charge is -2.30. The van der Waals surface area contributed by atoms with Crippen molar-refractivity contribution in [2.24, 2.45) is 22.2 Å². The molecule has 36 heavy (non-hydrogen) atoms. The van der Waals surface area contributed by atoms with E-state index in [1.165, 1.54) is 22.3 Å². The topological polar surface area (TPSA) is 226 Å². The van der Waals surface area contributed by atoms with Crippen molar-refractivity contribution in [1.29, 1.82) is 0 Å². The fourth-order valence-corrected chi connectivity index (χ4v) is 4.73. The molecule has 0 spiro atoms. The second-order valence-electron chi connectivity index (χ2n) is 9.12. The number of hydrogen-bond acceptors (Lipinski definition) is 7. The van der Waals surface area contributed by atoms with Crippen LogP contribution < -0.4 is 22.5 Å². The third kappa shape index (κ3) is 6.71. The Morgan fingerprint density at radius 1 is 1.14 bits per heavy atom. The van der Waals surface area contributed by atoms with Crippen LogP contribution in [0.15, 0.2) is 17.5 Å². The first-order valence-corrected chi connectivity index (χ1v) is 12.1. The number of amides is 3. The lowest BCUT2D eigenvalue weighted by atomic mass is 10.1. The summed E-state index contributed by atoms with van der Waals surface area (Å²) in [5.74, 6) is -2.41. The molecule has 4 unspecified atom stereocenters. The number of H-pyrrole nitrogens is 1. The van der Waals surface area contributed by atoms with E-state index < -0.39 is 42.0 Å². The molecule has 0 saturated carbocycles. The van der Waals surface area contributed by atoms with Gasteiger partial charge in [-0.1, -0.05) is 0 Å². The number of carbonyl (C=O) groups is 4. The van der Waals surface area contributed by atoms with Crippen molar-refractivity contribution in [2.45, 2.75) is 69.1 Å². The van der Waals surface area contributed by atoms with Gasteiger partial charge in [-0.2, -0.15) is 0 Å². The van der Waals surface area contributed by atoms with E-state index in [1.807, 2.05) is 0 Å². The van der Waals surface area contributed by atoms with E-state index in [0.29, 0.717) is 63.9 Å². The van der Waals surface area contributed by atoms with Gasteiger partial charge in [0.15, 0.2) is 5.96 Å². The minimum atomic E-state index is -1.08. The summed E-state index contributed by atoms with van der Waals surface area (Å²) in [7, 11) is 0. The zero-order valence-corrected chi connectivity index (χ0v) is 20.1. The monoisotopic (exact) mass is 505 g/mol. The SMILES string of the molecule is NC(N)=NCCCC(N)C(=O)N1CCCC1C(=O)NC(Cc1cnc[nH]1)C(=O)N1CCCC1C(=O)O. The van der Waals surface area contributed by atoms with E-state index in [1.54, 1.807) is 0 Å². The van der Waals surface area contributed by atoms with Gasteiger partial charge < -0.3 is 42.4 Å². The molecule has 14 nitrogen and oxygen atoms in total. The first-order valence-electron chi connectivity index (χ1n) is 12.1. The van der Waals surface area contributed by atoms with Crippen molar-refractivity contribution >= 4 is 29.7 Å². The first kappa shape index (κ1) is 26.9. The summed E-state index contributed by atoms with van der Waals surface area (Å²) in [4.78, 5) is 64.7. The van der Waals surface area contributed by atoms with Gasteiger partial charge in [0.1, 0.15) is 18.1 Å². The van der Waals surface area contributed by atoms with Crippen LogP contribution in [0.4, 0.5) is 0 Å². The van der Waals surface area contributed by atoms with Gasteiger partial charge in [0.05, 0.1) is 12.4 Å². The molecule has 3 heterocycles. The number of aromatic amines is 1. The highest BCUT2D eigenvalue weighted by atomic mass is 16.4. The average molecular weight is 506 g/mol. The van der Waals surface area contributed by atoms with Gasteiger partial charge in [0.2, 0.25) is 17.7 Å². The molecule has 2 aliphatic heterocycles. The molecule has 198 valence electrons.